The number of benzene rings is 1. The number of aromatic carboxylic acids is 1. The highest BCUT2D eigenvalue weighted by molar-refractivity contribution is 9.10. The van der Waals surface area contributed by atoms with Crippen LogP contribution in [0.3, 0.4) is 0 Å². The molecule has 0 saturated carbocycles. The Morgan fingerprint density at radius 3 is 2.89 bits per heavy atom. The Bertz CT molecular complexity index is 602. The Kier molecular flexibility index (Phi) is 4.16. The van der Waals surface area contributed by atoms with E-state index in [2.05, 4.69) is 26.2 Å². The van der Waals surface area contributed by atoms with Gasteiger partial charge in [0.05, 0.1) is 17.4 Å². The third kappa shape index (κ3) is 3.32. The standard InChI is InChI=1S/C14H13BrN2O2/c1-9(10-3-2-4-11(15)7-10)17-13-8-16-6-5-12(13)14(18)19/h2-9,17H,1H3,(H,18,19). The number of aromatic nitrogens is 1. The van der Waals surface area contributed by atoms with Crippen molar-refractivity contribution in [1.29, 1.82) is 0 Å². The number of carboxylic acid groups (broad SMARTS) is 1. The van der Waals surface area contributed by atoms with Crippen molar-refractivity contribution >= 4 is 27.6 Å². The minimum absolute atomic E-state index is 0.0141. The molecule has 1 heterocycles. The number of nitrogens with one attached hydrogen (secondary N) is 1. The second-order valence-electron chi connectivity index (χ2n) is 4.15. The lowest BCUT2D eigenvalue weighted by atomic mass is 10.1. The fourth-order valence-electron chi connectivity index (χ4n) is 1.79. The normalized spacial score (nSPS) is 11.9. The van der Waals surface area contributed by atoms with E-state index in [0.29, 0.717) is 5.69 Å². The zero-order valence-electron chi connectivity index (χ0n) is 10.3. The SMILES string of the molecule is CC(Nc1cnccc1C(=O)O)c1cccc(Br)c1. The molecule has 0 bridgehead atoms. The summed E-state index contributed by atoms with van der Waals surface area (Å²) < 4.78 is 0.989. The molecule has 0 aliphatic carbocycles. The number of rotatable bonds is 4. The number of anilines is 1. The van der Waals surface area contributed by atoms with Crippen molar-refractivity contribution in [3.8, 4) is 0 Å². The van der Waals surface area contributed by atoms with Crippen LogP contribution < -0.4 is 5.32 Å². The molecule has 1 aromatic heterocycles. The van der Waals surface area contributed by atoms with Crippen LogP contribution in [-0.4, -0.2) is 16.1 Å². The number of carbonyl (C=O) groups is 1. The van der Waals surface area contributed by atoms with Gasteiger partial charge in [-0.05, 0) is 30.7 Å². The van der Waals surface area contributed by atoms with E-state index >= 15 is 0 Å². The molecule has 0 fully saturated rings. The highest BCUT2D eigenvalue weighted by Gasteiger charge is 2.12. The molecule has 1 unspecified atom stereocenters. The molecule has 19 heavy (non-hydrogen) atoms. The quantitative estimate of drug-likeness (QED) is 0.901. The van der Waals surface area contributed by atoms with Crippen LogP contribution in [0.15, 0.2) is 47.2 Å². The van der Waals surface area contributed by atoms with Crippen LogP contribution in [0.5, 0.6) is 0 Å². The van der Waals surface area contributed by atoms with Gasteiger partial charge in [-0.15, -0.1) is 0 Å². The Balaban J connectivity index is 2.24. The molecule has 2 aromatic rings. The largest absolute Gasteiger partial charge is 0.478 e. The maximum absolute atomic E-state index is 11.1. The number of nitrogens with zero attached hydrogens (tertiary/aromatic N) is 1. The van der Waals surface area contributed by atoms with E-state index in [1.807, 2.05) is 31.2 Å². The van der Waals surface area contributed by atoms with Gasteiger partial charge >= 0.3 is 5.97 Å². The molecular weight excluding hydrogens is 308 g/mol. The Labute approximate surface area is 119 Å². The fourth-order valence-corrected chi connectivity index (χ4v) is 2.21. The molecule has 0 amide bonds. The van der Waals surface area contributed by atoms with E-state index in [4.69, 9.17) is 5.11 Å². The summed E-state index contributed by atoms with van der Waals surface area (Å²) in [5.41, 5.74) is 1.80. The summed E-state index contributed by atoms with van der Waals surface area (Å²) in [7, 11) is 0. The number of hydrogen-bond acceptors (Lipinski definition) is 3. The Morgan fingerprint density at radius 2 is 2.21 bits per heavy atom. The maximum atomic E-state index is 11.1. The molecular formula is C14H13BrN2O2. The van der Waals surface area contributed by atoms with Gasteiger partial charge in [0, 0.05) is 16.7 Å². The highest BCUT2D eigenvalue weighted by atomic mass is 79.9. The molecule has 0 saturated heterocycles. The zero-order valence-corrected chi connectivity index (χ0v) is 11.9. The summed E-state index contributed by atoms with van der Waals surface area (Å²) in [6, 6.07) is 9.34. The number of carboxylic acids is 1. The van der Waals surface area contributed by atoms with Crippen molar-refractivity contribution in [2.45, 2.75) is 13.0 Å². The average Bonchev–Trinajstić information content (AvgIpc) is 2.39. The summed E-state index contributed by atoms with van der Waals surface area (Å²) in [5.74, 6) is -0.966. The number of hydrogen-bond donors (Lipinski definition) is 2. The van der Waals surface area contributed by atoms with Crippen LogP contribution in [-0.2, 0) is 0 Å². The molecule has 98 valence electrons. The fraction of sp³-hybridized carbons (Fsp3) is 0.143. The molecule has 0 radical (unpaired) electrons. The summed E-state index contributed by atoms with van der Waals surface area (Å²) in [5, 5.41) is 12.3. The summed E-state index contributed by atoms with van der Waals surface area (Å²) in [6.07, 6.45) is 3.00. The lowest BCUT2D eigenvalue weighted by Crippen LogP contribution is -2.11. The van der Waals surface area contributed by atoms with Crippen LogP contribution in [0.1, 0.15) is 28.9 Å². The number of halogens is 1. The smallest absolute Gasteiger partial charge is 0.337 e. The van der Waals surface area contributed by atoms with Gasteiger partial charge in [-0.3, -0.25) is 4.98 Å². The minimum Gasteiger partial charge on any atom is -0.478 e. The zero-order chi connectivity index (χ0) is 13.8. The van der Waals surface area contributed by atoms with Gasteiger partial charge in [0.25, 0.3) is 0 Å². The first-order valence-corrected chi connectivity index (χ1v) is 6.56. The molecule has 1 aromatic carbocycles. The van der Waals surface area contributed by atoms with Crippen LogP contribution in [0.2, 0.25) is 0 Å². The maximum Gasteiger partial charge on any atom is 0.337 e. The van der Waals surface area contributed by atoms with Crippen LogP contribution >= 0.6 is 15.9 Å². The summed E-state index contributed by atoms with van der Waals surface area (Å²) in [4.78, 5) is 15.1. The first-order valence-electron chi connectivity index (χ1n) is 5.77. The van der Waals surface area contributed by atoms with E-state index in [1.54, 1.807) is 0 Å². The van der Waals surface area contributed by atoms with Gasteiger partial charge in [-0.2, -0.15) is 0 Å². The molecule has 1 atom stereocenters. The van der Waals surface area contributed by atoms with Gasteiger partial charge < -0.3 is 10.4 Å². The summed E-state index contributed by atoms with van der Waals surface area (Å²) in [6.45, 7) is 1.97. The van der Waals surface area contributed by atoms with Crippen molar-refractivity contribution in [3.05, 3.63) is 58.3 Å². The molecule has 4 nitrogen and oxygen atoms in total. The highest BCUT2D eigenvalue weighted by Crippen LogP contribution is 2.23. The van der Waals surface area contributed by atoms with Crippen LogP contribution in [0, 0.1) is 0 Å². The molecule has 0 aliphatic heterocycles. The lowest BCUT2D eigenvalue weighted by Gasteiger charge is -2.17. The van der Waals surface area contributed by atoms with Gasteiger partial charge in [0.15, 0.2) is 0 Å². The third-order valence-electron chi connectivity index (χ3n) is 2.77. The lowest BCUT2D eigenvalue weighted by molar-refractivity contribution is 0.0698. The van der Waals surface area contributed by atoms with E-state index in [9.17, 15) is 4.79 Å². The van der Waals surface area contributed by atoms with Crippen LogP contribution in [0.4, 0.5) is 5.69 Å². The molecule has 2 N–H and O–H groups in total. The van der Waals surface area contributed by atoms with Crippen LogP contribution in [0.25, 0.3) is 0 Å². The molecule has 2 rings (SSSR count). The van der Waals surface area contributed by atoms with Crippen molar-refractivity contribution in [3.63, 3.8) is 0 Å². The van der Waals surface area contributed by atoms with Crippen molar-refractivity contribution in [1.82, 2.24) is 4.98 Å². The molecule has 0 spiro atoms. The predicted octanol–water partition coefficient (Wildman–Crippen LogP) is 3.72. The van der Waals surface area contributed by atoms with Gasteiger partial charge in [0.2, 0.25) is 0 Å². The first-order chi connectivity index (χ1) is 9.08. The predicted molar refractivity (Wildman–Crippen MR) is 77.4 cm³/mol. The summed E-state index contributed by atoms with van der Waals surface area (Å²) >= 11 is 3.42. The minimum atomic E-state index is -0.966. The second-order valence-corrected chi connectivity index (χ2v) is 5.06. The van der Waals surface area contributed by atoms with Crippen molar-refractivity contribution in [2.24, 2.45) is 0 Å². The van der Waals surface area contributed by atoms with Gasteiger partial charge in [-0.25, -0.2) is 4.79 Å². The van der Waals surface area contributed by atoms with E-state index in [0.717, 1.165) is 10.0 Å². The average molecular weight is 321 g/mol. The third-order valence-corrected chi connectivity index (χ3v) is 3.27. The molecule has 5 heteroatoms. The monoisotopic (exact) mass is 320 g/mol. The Morgan fingerprint density at radius 1 is 1.42 bits per heavy atom. The van der Waals surface area contributed by atoms with Gasteiger partial charge in [-0.1, -0.05) is 28.1 Å². The van der Waals surface area contributed by atoms with Gasteiger partial charge in [0.1, 0.15) is 0 Å². The van der Waals surface area contributed by atoms with Crippen molar-refractivity contribution in [2.75, 3.05) is 5.32 Å². The first kappa shape index (κ1) is 13.5. The second kappa shape index (κ2) is 5.84. The van der Waals surface area contributed by atoms with E-state index in [1.165, 1.54) is 18.5 Å². The van der Waals surface area contributed by atoms with Crippen molar-refractivity contribution < 1.29 is 9.90 Å². The topological polar surface area (TPSA) is 62.2 Å². The van der Waals surface area contributed by atoms with E-state index in [-0.39, 0.29) is 11.6 Å². The Hall–Kier alpha value is -1.88. The number of pyridine rings is 1. The molecule has 0 aliphatic rings. The van der Waals surface area contributed by atoms with E-state index < -0.39 is 5.97 Å².